The largest absolute Gasteiger partial charge is 0.508 e. The second kappa shape index (κ2) is 4.12. The van der Waals surface area contributed by atoms with Gasteiger partial charge in [-0.15, -0.1) is 0 Å². The molecule has 0 aromatic heterocycles. The second-order valence-corrected chi connectivity index (χ2v) is 4.66. The summed E-state index contributed by atoms with van der Waals surface area (Å²) in [5, 5.41) is 19.7. The number of halogens is 1. The zero-order valence-corrected chi connectivity index (χ0v) is 9.83. The van der Waals surface area contributed by atoms with Crippen LogP contribution < -0.4 is 0 Å². The molecule has 0 saturated carbocycles. The minimum absolute atomic E-state index is 0.196. The summed E-state index contributed by atoms with van der Waals surface area (Å²) in [5.74, 6) is 0.196. The van der Waals surface area contributed by atoms with Crippen LogP contribution in [0.15, 0.2) is 22.7 Å². The van der Waals surface area contributed by atoms with Crippen molar-refractivity contribution in [2.45, 2.75) is 18.4 Å². The maximum absolute atomic E-state index is 10.4. The van der Waals surface area contributed by atoms with Crippen molar-refractivity contribution in [3.05, 3.63) is 28.2 Å². The van der Waals surface area contributed by atoms with Gasteiger partial charge in [-0.25, -0.2) is 0 Å². The number of ether oxygens (including phenoxy) is 1. The van der Waals surface area contributed by atoms with Gasteiger partial charge in [-0.2, -0.15) is 0 Å². The summed E-state index contributed by atoms with van der Waals surface area (Å²) in [6.45, 7) is 1.15. The van der Waals surface area contributed by atoms with E-state index in [1.165, 1.54) is 0 Å². The van der Waals surface area contributed by atoms with E-state index in [4.69, 9.17) is 4.74 Å². The van der Waals surface area contributed by atoms with Crippen LogP contribution in [0.25, 0.3) is 0 Å². The fourth-order valence-electron chi connectivity index (χ4n) is 1.86. The van der Waals surface area contributed by atoms with E-state index in [2.05, 4.69) is 15.9 Å². The van der Waals surface area contributed by atoms with Gasteiger partial charge in [-0.05, 0) is 17.7 Å². The minimum atomic E-state index is -0.829. The Balaban J connectivity index is 2.35. The van der Waals surface area contributed by atoms with Crippen LogP contribution in [0.2, 0.25) is 0 Å². The molecule has 1 saturated heterocycles. The molecule has 0 spiro atoms. The molecule has 1 heterocycles. The first kappa shape index (κ1) is 10.9. The zero-order chi connectivity index (χ0) is 10.9. The Kier molecular flexibility index (Phi) is 3.00. The first-order valence-corrected chi connectivity index (χ1v) is 5.70. The van der Waals surface area contributed by atoms with Gasteiger partial charge in [0.05, 0.1) is 5.60 Å². The van der Waals surface area contributed by atoms with Crippen molar-refractivity contribution in [3.8, 4) is 5.75 Å². The number of aromatic hydroxyl groups is 1. The van der Waals surface area contributed by atoms with Crippen LogP contribution in [-0.2, 0) is 10.3 Å². The van der Waals surface area contributed by atoms with Crippen molar-refractivity contribution >= 4 is 15.9 Å². The summed E-state index contributed by atoms with van der Waals surface area (Å²) in [6, 6.07) is 4.95. The number of phenolic OH excluding ortho intramolecular Hbond substituents is 1. The molecule has 0 amide bonds. The van der Waals surface area contributed by atoms with E-state index in [0.29, 0.717) is 26.1 Å². The van der Waals surface area contributed by atoms with Crippen molar-refractivity contribution in [1.29, 1.82) is 0 Å². The Labute approximate surface area is 96.8 Å². The Morgan fingerprint density at radius 3 is 2.53 bits per heavy atom. The molecule has 0 radical (unpaired) electrons. The molecule has 1 aromatic carbocycles. The average Bonchev–Trinajstić information content (AvgIpc) is 2.18. The number of benzene rings is 1. The molecule has 1 fully saturated rings. The lowest BCUT2D eigenvalue weighted by molar-refractivity contribution is -0.0683. The van der Waals surface area contributed by atoms with Gasteiger partial charge in [0, 0.05) is 30.5 Å². The fourth-order valence-corrected chi connectivity index (χ4v) is 2.60. The molecule has 1 aromatic rings. The quantitative estimate of drug-likeness (QED) is 0.824. The van der Waals surface area contributed by atoms with Gasteiger partial charge in [0.2, 0.25) is 0 Å². The van der Waals surface area contributed by atoms with Crippen LogP contribution in [0.5, 0.6) is 5.75 Å². The maximum atomic E-state index is 10.4. The summed E-state index contributed by atoms with van der Waals surface area (Å²) in [4.78, 5) is 0. The van der Waals surface area contributed by atoms with Gasteiger partial charge in [0.15, 0.2) is 0 Å². The molecular weight excluding hydrogens is 260 g/mol. The van der Waals surface area contributed by atoms with Gasteiger partial charge >= 0.3 is 0 Å². The number of hydrogen-bond donors (Lipinski definition) is 2. The van der Waals surface area contributed by atoms with E-state index in [1.54, 1.807) is 18.2 Å². The third-order valence-corrected chi connectivity index (χ3v) is 3.43. The van der Waals surface area contributed by atoms with Crippen LogP contribution >= 0.6 is 15.9 Å². The summed E-state index contributed by atoms with van der Waals surface area (Å²) >= 11 is 3.36. The normalized spacial score (nSPS) is 20.1. The topological polar surface area (TPSA) is 49.7 Å². The third-order valence-electron chi connectivity index (χ3n) is 2.77. The molecule has 82 valence electrons. The molecule has 4 heteroatoms. The Morgan fingerprint density at radius 2 is 1.93 bits per heavy atom. The second-order valence-electron chi connectivity index (χ2n) is 3.81. The highest BCUT2D eigenvalue weighted by molar-refractivity contribution is 9.10. The predicted octanol–water partition coefficient (Wildman–Crippen LogP) is 2.15. The molecule has 1 aliphatic heterocycles. The van der Waals surface area contributed by atoms with Gasteiger partial charge in [0.25, 0.3) is 0 Å². The van der Waals surface area contributed by atoms with Crippen LogP contribution in [-0.4, -0.2) is 23.4 Å². The Hall–Kier alpha value is -0.580. The molecule has 0 atom stereocenters. The Morgan fingerprint density at radius 1 is 1.27 bits per heavy atom. The van der Waals surface area contributed by atoms with Gasteiger partial charge in [-0.1, -0.05) is 22.0 Å². The first-order chi connectivity index (χ1) is 7.12. The molecule has 15 heavy (non-hydrogen) atoms. The van der Waals surface area contributed by atoms with Crippen LogP contribution in [0, 0.1) is 0 Å². The van der Waals surface area contributed by atoms with Gasteiger partial charge in [-0.3, -0.25) is 0 Å². The lowest BCUT2D eigenvalue weighted by Gasteiger charge is -2.33. The first-order valence-electron chi connectivity index (χ1n) is 4.91. The van der Waals surface area contributed by atoms with Gasteiger partial charge < -0.3 is 14.9 Å². The number of rotatable bonds is 1. The van der Waals surface area contributed by atoms with Crippen LogP contribution in [0.3, 0.4) is 0 Å². The molecule has 0 unspecified atom stereocenters. The molecule has 2 rings (SSSR count). The number of hydrogen-bond acceptors (Lipinski definition) is 3. The monoisotopic (exact) mass is 272 g/mol. The molecule has 2 N–H and O–H groups in total. The molecular formula is C11H13BrO3. The molecule has 3 nitrogen and oxygen atoms in total. The fraction of sp³-hybridized carbons (Fsp3) is 0.455. The summed E-state index contributed by atoms with van der Waals surface area (Å²) in [6.07, 6.45) is 1.19. The van der Waals surface area contributed by atoms with Crippen molar-refractivity contribution in [3.63, 3.8) is 0 Å². The van der Waals surface area contributed by atoms with Crippen LogP contribution in [0.1, 0.15) is 18.4 Å². The standard InChI is InChI=1S/C11H13BrO3/c12-10-7-8(13)1-2-9(10)11(14)3-5-15-6-4-11/h1-2,7,13-14H,3-6H2. The minimum Gasteiger partial charge on any atom is -0.508 e. The van der Waals surface area contributed by atoms with Crippen molar-refractivity contribution in [1.82, 2.24) is 0 Å². The molecule has 0 bridgehead atoms. The van der Waals surface area contributed by atoms with Crippen molar-refractivity contribution in [2.75, 3.05) is 13.2 Å². The lowest BCUT2D eigenvalue weighted by atomic mass is 9.86. The highest BCUT2D eigenvalue weighted by Crippen LogP contribution is 2.37. The van der Waals surface area contributed by atoms with Gasteiger partial charge in [0.1, 0.15) is 5.75 Å². The third kappa shape index (κ3) is 2.17. The highest BCUT2D eigenvalue weighted by atomic mass is 79.9. The lowest BCUT2D eigenvalue weighted by Crippen LogP contribution is -2.33. The molecule has 1 aliphatic rings. The van der Waals surface area contributed by atoms with E-state index in [9.17, 15) is 10.2 Å². The van der Waals surface area contributed by atoms with E-state index in [0.717, 1.165) is 10.0 Å². The van der Waals surface area contributed by atoms with E-state index in [1.807, 2.05) is 0 Å². The van der Waals surface area contributed by atoms with E-state index < -0.39 is 5.60 Å². The molecule has 0 aliphatic carbocycles. The van der Waals surface area contributed by atoms with Crippen molar-refractivity contribution < 1.29 is 14.9 Å². The SMILES string of the molecule is Oc1ccc(C2(O)CCOCC2)c(Br)c1. The Bertz CT molecular complexity index is 359. The zero-order valence-electron chi connectivity index (χ0n) is 8.24. The highest BCUT2D eigenvalue weighted by Gasteiger charge is 2.33. The average molecular weight is 273 g/mol. The van der Waals surface area contributed by atoms with Crippen LogP contribution in [0.4, 0.5) is 0 Å². The summed E-state index contributed by atoms with van der Waals surface area (Å²) in [7, 11) is 0. The number of phenols is 1. The van der Waals surface area contributed by atoms with Crippen molar-refractivity contribution in [2.24, 2.45) is 0 Å². The van der Waals surface area contributed by atoms with E-state index in [-0.39, 0.29) is 5.75 Å². The smallest absolute Gasteiger partial charge is 0.116 e. The summed E-state index contributed by atoms with van der Waals surface area (Å²) < 4.78 is 5.97. The predicted molar refractivity (Wildman–Crippen MR) is 59.8 cm³/mol. The summed E-state index contributed by atoms with van der Waals surface area (Å²) in [5.41, 5.74) is -0.00581. The number of aliphatic hydroxyl groups is 1. The maximum Gasteiger partial charge on any atom is 0.116 e. The van der Waals surface area contributed by atoms with E-state index >= 15 is 0 Å².